The lowest BCUT2D eigenvalue weighted by molar-refractivity contribution is -0.155. The van der Waals surface area contributed by atoms with E-state index in [2.05, 4.69) is 0 Å². The standard InChI is InChI=1S/C20H22O6/c1-13(2)19(26-16-6-4-5-15(10-16)22-3)20(21)23-11-14-7-8-17-18(9-14)25-12-24-17/h4-10,13,19H,11-12H2,1-3H3. The lowest BCUT2D eigenvalue weighted by Gasteiger charge is -2.21. The average molecular weight is 358 g/mol. The van der Waals surface area contributed by atoms with E-state index in [9.17, 15) is 4.79 Å². The van der Waals surface area contributed by atoms with Crippen LogP contribution in [0, 0.1) is 5.92 Å². The van der Waals surface area contributed by atoms with E-state index < -0.39 is 12.1 Å². The number of methoxy groups -OCH3 is 1. The molecule has 1 aliphatic heterocycles. The van der Waals surface area contributed by atoms with Crippen molar-refractivity contribution in [3.8, 4) is 23.0 Å². The van der Waals surface area contributed by atoms with Gasteiger partial charge in [-0.25, -0.2) is 4.79 Å². The Balaban J connectivity index is 1.63. The first kappa shape index (κ1) is 17.9. The van der Waals surface area contributed by atoms with Gasteiger partial charge in [0.05, 0.1) is 7.11 Å². The van der Waals surface area contributed by atoms with Crippen molar-refractivity contribution in [1.82, 2.24) is 0 Å². The Morgan fingerprint density at radius 2 is 1.85 bits per heavy atom. The number of carbonyl (C=O) groups excluding carboxylic acids is 1. The van der Waals surface area contributed by atoms with Gasteiger partial charge in [-0.15, -0.1) is 0 Å². The zero-order valence-corrected chi connectivity index (χ0v) is 15.1. The molecule has 0 amide bonds. The first-order chi connectivity index (χ1) is 12.6. The molecule has 2 aromatic carbocycles. The molecule has 0 aromatic heterocycles. The van der Waals surface area contributed by atoms with Gasteiger partial charge in [0.2, 0.25) is 6.79 Å². The van der Waals surface area contributed by atoms with Crippen LogP contribution in [-0.2, 0) is 16.1 Å². The second-order valence-electron chi connectivity index (χ2n) is 6.26. The topological polar surface area (TPSA) is 63.2 Å². The summed E-state index contributed by atoms with van der Waals surface area (Å²) in [5.41, 5.74) is 0.825. The largest absolute Gasteiger partial charge is 0.497 e. The van der Waals surface area contributed by atoms with Gasteiger partial charge in [-0.2, -0.15) is 0 Å². The monoisotopic (exact) mass is 358 g/mol. The Morgan fingerprint density at radius 1 is 1.08 bits per heavy atom. The molecular weight excluding hydrogens is 336 g/mol. The maximum absolute atomic E-state index is 12.5. The first-order valence-electron chi connectivity index (χ1n) is 8.42. The maximum Gasteiger partial charge on any atom is 0.347 e. The van der Waals surface area contributed by atoms with Crippen molar-refractivity contribution in [2.24, 2.45) is 5.92 Å². The third-order valence-corrected chi connectivity index (χ3v) is 3.96. The van der Waals surface area contributed by atoms with E-state index >= 15 is 0 Å². The molecular formula is C20H22O6. The summed E-state index contributed by atoms with van der Waals surface area (Å²) in [7, 11) is 1.58. The Kier molecular flexibility index (Phi) is 5.51. The molecule has 1 atom stereocenters. The van der Waals surface area contributed by atoms with Crippen molar-refractivity contribution < 1.29 is 28.5 Å². The highest BCUT2D eigenvalue weighted by Crippen LogP contribution is 2.32. The Morgan fingerprint density at radius 3 is 2.62 bits per heavy atom. The van der Waals surface area contributed by atoms with Crippen molar-refractivity contribution in [2.45, 2.75) is 26.6 Å². The number of benzene rings is 2. The molecule has 0 fully saturated rings. The van der Waals surface area contributed by atoms with Crippen LogP contribution in [-0.4, -0.2) is 26.0 Å². The fourth-order valence-corrected chi connectivity index (χ4v) is 2.54. The molecule has 1 heterocycles. The molecule has 138 valence electrons. The molecule has 6 nitrogen and oxygen atoms in total. The first-order valence-corrected chi connectivity index (χ1v) is 8.42. The van der Waals surface area contributed by atoms with E-state index in [0.29, 0.717) is 23.0 Å². The minimum Gasteiger partial charge on any atom is -0.497 e. The van der Waals surface area contributed by atoms with Crippen molar-refractivity contribution in [3.05, 3.63) is 48.0 Å². The summed E-state index contributed by atoms with van der Waals surface area (Å²) < 4.78 is 27.1. The Labute approximate surface area is 152 Å². The third-order valence-electron chi connectivity index (χ3n) is 3.96. The van der Waals surface area contributed by atoms with Crippen LogP contribution in [0.3, 0.4) is 0 Å². The van der Waals surface area contributed by atoms with Crippen LogP contribution >= 0.6 is 0 Å². The molecule has 0 saturated heterocycles. The number of fused-ring (bicyclic) bond motifs is 1. The normalized spacial score (nSPS) is 13.4. The highest BCUT2D eigenvalue weighted by Gasteiger charge is 2.26. The van der Waals surface area contributed by atoms with Gasteiger partial charge < -0.3 is 23.7 Å². The van der Waals surface area contributed by atoms with Crippen LogP contribution in [0.4, 0.5) is 0 Å². The van der Waals surface area contributed by atoms with Gasteiger partial charge in [0.1, 0.15) is 18.1 Å². The molecule has 2 aromatic rings. The number of hydrogen-bond donors (Lipinski definition) is 0. The SMILES string of the molecule is COc1cccc(OC(C(=O)OCc2ccc3c(c2)OCO3)C(C)C)c1. The van der Waals surface area contributed by atoms with Crippen LogP contribution in [0.2, 0.25) is 0 Å². The zero-order chi connectivity index (χ0) is 18.5. The van der Waals surface area contributed by atoms with Gasteiger partial charge in [0.15, 0.2) is 17.6 Å². The van der Waals surface area contributed by atoms with Crippen LogP contribution < -0.4 is 18.9 Å². The molecule has 0 radical (unpaired) electrons. The molecule has 6 heteroatoms. The number of ether oxygens (including phenoxy) is 5. The van der Waals surface area contributed by atoms with Crippen molar-refractivity contribution in [3.63, 3.8) is 0 Å². The molecule has 0 N–H and O–H groups in total. The van der Waals surface area contributed by atoms with E-state index in [1.54, 1.807) is 25.3 Å². The fraction of sp³-hybridized carbons (Fsp3) is 0.350. The summed E-state index contributed by atoms with van der Waals surface area (Å²) in [6.07, 6.45) is -0.712. The number of hydrogen-bond acceptors (Lipinski definition) is 6. The highest BCUT2D eigenvalue weighted by atomic mass is 16.7. The van der Waals surface area contributed by atoms with Crippen LogP contribution in [0.1, 0.15) is 19.4 Å². The predicted octanol–water partition coefficient (Wildman–Crippen LogP) is 3.57. The van der Waals surface area contributed by atoms with Gasteiger partial charge in [-0.05, 0) is 29.8 Å². The molecule has 26 heavy (non-hydrogen) atoms. The van der Waals surface area contributed by atoms with Gasteiger partial charge in [-0.1, -0.05) is 26.0 Å². The zero-order valence-electron chi connectivity index (χ0n) is 15.1. The minimum atomic E-state index is -0.712. The van der Waals surface area contributed by atoms with Gasteiger partial charge >= 0.3 is 5.97 Å². The molecule has 3 rings (SSSR count). The minimum absolute atomic E-state index is 0.0505. The highest BCUT2D eigenvalue weighted by molar-refractivity contribution is 5.75. The van der Waals surface area contributed by atoms with Crippen molar-refractivity contribution in [1.29, 1.82) is 0 Å². The number of carbonyl (C=O) groups is 1. The summed E-state index contributed by atoms with van der Waals surface area (Å²) in [5, 5.41) is 0. The van der Waals surface area contributed by atoms with E-state index in [1.807, 2.05) is 38.1 Å². The van der Waals surface area contributed by atoms with Gasteiger partial charge in [-0.3, -0.25) is 0 Å². The second kappa shape index (κ2) is 7.99. The van der Waals surface area contributed by atoms with Crippen LogP contribution in [0.25, 0.3) is 0 Å². The predicted molar refractivity (Wildman–Crippen MR) is 94.6 cm³/mol. The average Bonchev–Trinajstić information content (AvgIpc) is 3.12. The Hall–Kier alpha value is -2.89. The lowest BCUT2D eigenvalue weighted by atomic mass is 10.1. The Bertz CT molecular complexity index is 771. The molecule has 0 saturated carbocycles. The maximum atomic E-state index is 12.5. The van der Waals surface area contributed by atoms with Crippen LogP contribution in [0.15, 0.2) is 42.5 Å². The summed E-state index contributed by atoms with van der Waals surface area (Å²) in [5.74, 6) is 2.11. The molecule has 1 unspecified atom stereocenters. The summed E-state index contributed by atoms with van der Waals surface area (Å²) in [6, 6.07) is 12.6. The quantitative estimate of drug-likeness (QED) is 0.705. The van der Waals surface area contributed by atoms with Gasteiger partial charge in [0, 0.05) is 12.0 Å². The lowest BCUT2D eigenvalue weighted by Crippen LogP contribution is -2.34. The van der Waals surface area contributed by atoms with E-state index in [0.717, 1.165) is 5.56 Å². The molecule has 0 bridgehead atoms. The van der Waals surface area contributed by atoms with Crippen molar-refractivity contribution in [2.75, 3.05) is 13.9 Å². The molecule has 1 aliphatic rings. The fourth-order valence-electron chi connectivity index (χ4n) is 2.54. The van der Waals surface area contributed by atoms with E-state index in [-0.39, 0.29) is 19.3 Å². The number of rotatable bonds is 7. The smallest absolute Gasteiger partial charge is 0.347 e. The number of esters is 1. The van der Waals surface area contributed by atoms with Crippen molar-refractivity contribution >= 4 is 5.97 Å². The molecule has 0 spiro atoms. The van der Waals surface area contributed by atoms with Crippen LogP contribution in [0.5, 0.6) is 23.0 Å². The molecule has 0 aliphatic carbocycles. The van der Waals surface area contributed by atoms with Gasteiger partial charge in [0.25, 0.3) is 0 Å². The third kappa shape index (κ3) is 4.20. The van der Waals surface area contributed by atoms with E-state index in [1.165, 1.54) is 0 Å². The summed E-state index contributed by atoms with van der Waals surface area (Å²) in [6.45, 7) is 4.17. The second-order valence-corrected chi connectivity index (χ2v) is 6.26. The summed E-state index contributed by atoms with van der Waals surface area (Å²) in [4.78, 5) is 12.5. The van der Waals surface area contributed by atoms with E-state index in [4.69, 9.17) is 23.7 Å². The summed E-state index contributed by atoms with van der Waals surface area (Å²) >= 11 is 0.